The monoisotopic (exact) mass is 517 g/mol. The van der Waals surface area contributed by atoms with E-state index in [1.54, 1.807) is 11.3 Å². The third kappa shape index (κ3) is 6.53. The first-order chi connectivity index (χ1) is 16.8. The number of hydrogen-bond acceptors (Lipinski definition) is 6. The average Bonchev–Trinajstić information content (AvgIpc) is 3.25. The number of urea groups is 1. The highest BCUT2D eigenvalue weighted by atomic mass is 32.1. The first kappa shape index (κ1) is 26.3. The van der Waals surface area contributed by atoms with Crippen LogP contribution in [-0.4, -0.2) is 30.6 Å². The second kappa shape index (κ2) is 11.5. The highest BCUT2D eigenvalue weighted by molar-refractivity contribution is 7.17. The molecule has 0 saturated carbocycles. The Bertz CT molecular complexity index is 1060. The topological polar surface area (TPSA) is 79.5 Å². The molecule has 0 bridgehead atoms. The summed E-state index contributed by atoms with van der Waals surface area (Å²) in [6, 6.07) is -0.239. The summed E-state index contributed by atoms with van der Waals surface area (Å²) >= 11 is 3.45. The zero-order valence-corrected chi connectivity index (χ0v) is 23.2. The van der Waals surface area contributed by atoms with Crippen LogP contribution < -0.4 is 16.0 Å². The minimum atomic E-state index is -0.277. The number of carbonyl (C=O) groups is 2. The summed E-state index contributed by atoms with van der Waals surface area (Å²) in [7, 11) is 0. The van der Waals surface area contributed by atoms with Crippen molar-refractivity contribution in [3.8, 4) is 0 Å². The number of thiophene rings is 2. The molecule has 0 atom stereocenters. The number of ether oxygens (including phenoxy) is 1. The highest BCUT2D eigenvalue weighted by Crippen LogP contribution is 2.38. The van der Waals surface area contributed by atoms with Crippen LogP contribution in [0.1, 0.15) is 95.1 Å². The Kier molecular flexibility index (Phi) is 8.68. The second-order valence-corrected chi connectivity index (χ2v) is 12.7. The van der Waals surface area contributed by atoms with Crippen molar-refractivity contribution in [3.05, 3.63) is 36.9 Å². The molecule has 0 unspecified atom stereocenters. The van der Waals surface area contributed by atoms with Gasteiger partial charge in [-0.05, 0) is 82.5 Å². The van der Waals surface area contributed by atoms with E-state index < -0.39 is 0 Å². The first-order valence-corrected chi connectivity index (χ1v) is 14.6. The Balaban J connectivity index is 1.48. The summed E-state index contributed by atoms with van der Waals surface area (Å²) < 4.78 is 5.81. The van der Waals surface area contributed by atoms with Gasteiger partial charge >= 0.3 is 6.03 Å². The Morgan fingerprint density at radius 1 is 1.03 bits per heavy atom. The van der Waals surface area contributed by atoms with Crippen LogP contribution in [0.15, 0.2) is 0 Å². The fourth-order valence-electron chi connectivity index (χ4n) is 4.96. The SMILES string of the molecule is CCc1sc2c(c1CNC(=O)Nc1sc3c(c1C(=O)CCOC(C)(C)C)CCCCC3)CCNC2. The lowest BCUT2D eigenvalue weighted by molar-refractivity contribution is -0.00229. The van der Waals surface area contributed by atoms with Crippen LogP contribution in [0.25, 0.3) is 0 Å². The quantitative estimate of drug-likeness (QED) is 0.297. The molecule has 3 heterocycles. The number of anilines is 1. The van der Waals surface area contributed by atoms with E-state index in [2.05, 4.69) is 22.9 Å². The minimum absolute atomic E-state index is 0.0663. The van der Waals surface area contributed by atoms with Gasteiger partial charge in [-0.1, -0.05) is 13.3 Å². The van der Waals surface area contributed by atoms with E-state index in [1.807, 2.05) is 32.1 Å². The van der Waals surface area contributed by atoms with Crippen molar-refractivity contribution in [2.24, 2.45) is 0 Å². The van der Waals surface area contributed by atoms with Crippen LogP contribution in [-0.2, 0) is 43.5 Å². The lowest BCUT2D eigenvalue weighted by atomic mass is 10.0. The summed E-state index contributed by atoms with van der Waals surface area (Å²) in [5, 5.41) is 10.3. The summed E-state index contributed by atoms with van der Waals surface area (Å²) in [6.45, 7) is 11.0. The lowest BCUT2D eigenvalue weighted by Gasteiger charge is -2.19. The second-order valence-electron chi connectivity index (χ2n) is 10.4. The molecule has 2 amide bonds. The smallest absolute Gasteiger partial charge is 0.320 e. The number of aryl methyl sites for hydroxylation is 2. The summed E-state index contributed by atoms with van der Waals surface area (Å²) in [4.78, 5) is 30.3. The molecule has 0 fully saturated rings. The van der Waals surface area contributed by atoms with E-state index in [4.69, 9.17) is 4.74 Å². The molecule has 2 aromatic heterocycles. The van der Waals surface area contributed by atoms with Gasteiger partial charge in [0.2, 0.25) is 0 Å². The molecule has 0 saturated heterocycles. The summed E-state index contributed by atoms with van der Waals surface area (Å²) in [5.41, 5.74) is 4.27. The van der Waals surface area contributed by atoms with Gasteiger partial charge in [0, 0.05) is 34.1 Å². The van der Waals surface area contributed by atoms with Gasteiger partial charge in [-0.25, -0.2) is 4.79 Å². The van der Waals surface area contributed by atoms with Gasteiger partial charge in [-0.2, -0.15) is 0 Å². The molecule has 0 aromatic carbocycles. The Morgan fingerprint density at radius 3 is 2.60 bits per heavy atom. The van der Waals surface area contributed by atoms with Gasteiger partial charge < -0.3 is 15.4 Å². The molecule has 192 valence electrons. The van der Waals surface area contributed by atoms with Crippen LogP contribution in [0.3, 0.4) is 0 Å². The van der Waals surface area contributed by atoms with E-state index in [-0.39, 0.29) is 17.4 Å². The predicted molar refractivity (Wildman–Crippen MR) is 145 cm³/mol. The maximum atomic E-state index is 13.3. The number of hydrogen-bond donors (Lipinski definition) is 3. The molecular weight excluding hydrogens is 478 g/mol. The highest BCUT2D eigenvalue weighted by Gasteiger charge is 2.26. The number of fused-ring (bicyclic) bond motifs is 2. The van der Waals surface area contributed by atoms with E-state index in [9.17, 15) is 9.59 Å². The number of rotatable bonds is 8. The minimum Gasteiger partial charge on any atom is -0.375 e. The van der Waals surface area contributed by atoms with E-state index >= 15 is 0 Å². The zero-order chi connectivity index (χ0) is 25.0. The number of Topliss-reactive ketones (excluding diaryl/α,β-unsaturated/α-hetero) is 1. The molecule has 0 spiro atoms. The third-order valence-electron chi connectivity index (χ3n) is 6.66. The van der Waals surface area contributed by atoms with Gasteiger partial charge in [-0.15, -0.1) is 22.7 Å². The van der Waals surface area contributed by atoms with Gasteiger partial charge in [0.25, 0.3) is 0 Å². The van der Waals surface area contributed by atoms with Crippen LogP contribution in [0, 0.1) is 0 Å². The molecule has 6 nitrogen and oxygen atoms in total. The molecule has 4 rings (SSSR count). The Hall–Kier alpha value is -1.74. The number of carbonyl (C=O) groups excluding carboxylic acids is 2. The van der Waals surface area contributed by atoms with Crippen molar-refractivity contribution in [3.63, 3.8) is 0 Å². The van der Waals surface area contributed by atoms with E-state index in [0.717, 1.165) is 57.2 Å². The molecule has 3 N–H and O–H groups in total. The normalized spacial score (nSPS) is 15.8. The average molecular weight is 518 g/mol. The molecule has 8 heteroatoms. The molecule has 2 aromatic rings. The van der Waals surface area contributed by atoms with Crippen molar-refractivity contribution >= 4 is 39.5 Å². The molecule has 1 aliphatic carbocycles. The first-order valence-electron chi connectivity index (χ1n) is 13.0. The van der Waals surface area contributed by atoms with E-state index in [1.165, 1.54) is 32.2 Å². The zero-order valence-electron chi connectivity index (χ0n) is 21.5. The van der Waals surface area contributed by atoms with Gasteiger partial charge in [-0.3, -0.25) is 10.1 Å². The summed E-state index contributed by atoms with van der Waals surface area (Å²) in [6.07, 6.45) is 7.62. The maximum absolute atomic E-state index is 13.3. The molecule has 35 heavy (non-hydrogen) atoms. The number of ketones is 1. The number of amides is 2. The van der Waals surface area contributed by atoms with Crippen LogP contribution in [0.4, 0.5) is 9.80 Å². The largest absolute Gasteiger partial charge is 0.375 e. The van der Waals surface area contributed by atoms with Gasteiger partial charge in [0.15, 0.2) is 5.78 Å². The van der Waals surface area contributed by atoms with Gasteiger partial charge in [0.05, 0.1) is 17.8 Å². The molecule has 0 radical (unpaired) electrons. The Labute approximate surface area is 217 Å². The van der Waals surface area contributed by atoms with E-state index in [0.29, 0.717) is 30.1 Å². The summed E-state index contributed by atoms with van der Waals surface area (Å²) in [5.74, 6) is 0.0663. The van der Waals surface area contributed by atoms with Crippen molar-refractivity contribution in [2.75, 3.05) is 18.5 Å². The standard InChI is InChI=1S/C27H39N3O3S2/c1-5-21-19(17-11-13-28-16-23(17)34-21)15-29-26(32)30-25-24(20(31)12-14-33-27(2,3)4)18-9-7-6-8-10-22(18)35-25/h28H,5-16H2,1-4H3,(H2,29,30,32). The van der Waals surface area contributed by atoms with Crippen molar-refractivity contribution in [1.82, 2.24) is 10.6 Å². The van der Waals surface area contributed by atoms with Gasteiger partial charge in [0.1, 0.15) is 5.00 Å². The number of nitrogens with one attached hydrogen (secondary N) is 3. The fourth-order valence-corrected chi connectivity index (χ4v) is 7.55. The predicted octanol–water partition coefficient (Wildman–Crippen LogP) is 6.00. The van der Waals surface area contributed by atoms with Crippen LogP contribution >= 0.6 is 22.7 Å². The fraction of sp³-hybridized carbons (Fsp3) is 0.630. The van der Waals surface area contributed by atoms with Crippen molar-refractivity contribution < 1.29 is 14.3 Å². The lowest BCUT2D eigenvalue weighted by Crippen LogP contribution is -2.30. The van der Waals surface area contributed by atoms with Crippen molar-refractivity contribution in [2.45, 2.75) is 97.8 Å². The maximum Gasteiger partial charge on any atom is 0.320 e. The van der Waals surface area contributed by atoms with Crippen molar-refractivity contribution in [1.29, 1.82) is 0 Å². The van der Waals surface area contributed by atoms with Crippen LogP contribution in [0.5, 0.6) is 0 Å². The molecule has 1 aliphatic heterocycles. The molecular formula is C27H39N3O3S2. The molecule has 2 aliphatic rings. The Morgan fingerprint density at radius 2 is 1.83 bits per heavy atom. The van der Waals surface area contributed by atoms with Crippen LogP contribution in [0.2, 0.25) is 0 Å². The third-order valence-corrected chi connectivity index (χ3v) is 9.29.